The van der Waals surface area contributed by atoms with E-state index in [0.29, 0.717) is 0 Å². The van der Waals surface area contributed by atoms with Crippen LogP contribution in [0.2, 0.25) is 0 Å². The van der Waals surface area contributed by atoms with E-state index in [0.717, 1.165) is 0 Å². The van der Waals surface area contributed by atoms with Gasteiger partial charge in [0.2, 0.25) is 23.1 Å². The first kappa shape index (κ1) is 11.1. The van der Waals surface area contributed by atoms with Crippen molar-refractivity contribution in [2.75, 3.05) is 14.2 Å². The van der Waals surface area contributed by atoms with Crippen molar-refractivity contribution in [3.8, 4) is 0 Å². The van der Waals surface area contributed by atoms with E-state index in [1.807, 2.05) is 0 Å². The topological polar surface area (TPSA) is 52.6 Å². The lowest BCUT2D eigenvalue weighted by molar-refractivity contribution is -0.130. The number of allylic oxidation sites excluding steroid dienone is 2. The Bertz CT molecular complexity index is 278. The van der Waals surface area contributed by atoms with Gasteiger partial charge in [0.25, 0.3) is 0 Å². The molecule has 0 spiro atoms. The predicted octanol–water partition coefficient (Wildman–Crippen LogP) is 0.577. The predicted molar refractivity (Wildman–Crippen MR) is 53.0 cm³/mol. The van der Waals surface area contributed by atoms with Crippen LogP contribution in [0.25, 0.3) is 0 Å². The van der Waals surface area contributed by atoms with Crippen LogP contribution < -0.4 is 0 Å². The highest BCUT2D eigenvalue weighted by Crippen LogP contribution is 2.28. The fourth-order valence-electron chi connectivity index (χ4n) is 1.32. The van der Waals surface area contributed by atoms with Gasteiger partial charge in [-0.05, 0) is 0 Å². The highest BCUT2D eigenvalue weighted by atomic mass is 32.1. The molecule has 0 aromatic carbocycles. The molecular weight excluding hydrogens is 204 g/mol. The summed E-state index contributed by atoms with van der Waals surface area (Å²) in [4.78, 5) is 23.2. The fourth-order valence-corrected chi connectivity index (χ4v) is 1.57. The van der Waals surface area contributed by atoms with E-state index < -0.39 is 11.2 Å². The first-order valence-electron chi connectivity index (χ1n) is 4.13. The first-order chi connectivity index (χ1) is 6.54. The molecule has 0 aromatic rings. The summed E-state index contributed by atoms with van der Waals surface area (Å²) in [5, 5.41) is -0.642. The summed E-state index contributed by atoms with van der Waals surface area (Å²) < 4.78 is 9.68. The van der Waals surface area contributed by atoms with Crippen LogP contribution >= 0.6 is 12.6 Å². The van der Waals surface area contributed by atoms with E-state index >= 15 is 0 Å². The zero-order chi connectivity index (χ0) is 10.9. The lowest BCUT2D eigenvalue weighted by atomic mass is 9.90. The number of ketones is 2. The Balaban J connectivity index is 3.22. The van der Waals surface area contributed by atoms with Gasteiger partial charge in [-0.15, -0.1) is 0 Å². The van der Waals surface area contributed by atoms with Crippen LogP contribution in [0, 0.1) is 5.92 Å². The molecule has 4 nitrogen and oxygen atoms in total. The van der Waals surface area contributed by atoms with Crippen molar-refractivity contribution < 1.29 is 19.1 Å². The Labute approximate surface area is 87.7 Å². The van der Waals surface area contributed by atoms with Crippen molar-refractivity contribution >= 4 is 24.2 Å². The van der Waals surface area contributed by atoms with Crippen LogP contribution in [0.3, 0.4) is 0 Å². The van der Waals surface area contributed by atoms with Crippen LogP contribution in [0.15, 0.2) is 11.5 Å². The number of thiol groups is 1. The number of rotatable bonds is 2. The van der Waals surface area contributed by atoms with Gasteiger partial charge in [-0.2, -0.15) is 12.6 Å². The minimum absolute atomic E-state index is 0.00435. The van der Waals surface area contributed by atoms with Crippen LogP contribution in [0.1, 0.15) is 6.92 Å². The quantitative estimate of drug-likeness (QED) is 0.686. The number of hydrogen-bond acceptors (Lipinski definition) is 5. The van der Waals surface area contributed by atoms with Gasteiger partial charge >= 0.3 is 0 Å². The summed E-state index contributed by atoms with van der Waals surface area (Å²) >= 11 is 4.06. The summed E-state index contributed by atoms with van der Waals surface area (Å²) in [6.07, 6.45) is 0. The normalized spacial score (nSPS) is 28.0. The smallest absolute Gasteiger partial charge is 0.214 e. The summed E-state index contributed by atoms with van der Waals surface area (Å²) in [7, 11) is 2.67. The molecular formula is C9H12O4S. The third kappa shape index (κ3) is 1.52. The molecule has 0 amide bonds. The number of carbonyl (C=O) groups excluding carboxylic acids is 2. The molecule has 1 unspecified atom stereocenters. The second kappa shape index (κ2) is 4.04. The van der Waals surface area contributed by atoms with Gasteiger partial charge in [0.05, 0.1) is 19.5 Å². The van der Waals surface area contributed by atoms with Gasteiger partial charge in [-0.3, -0.25) is 9.59 Å². The Morgan fingerprint density at radius 3 is 1.93 bits per heavy atom. The maximum Gasteiger partial charge on any atom is 0.214 e. The zero-order valence-corrected chi connectivity index (χ0v) is 9.13. The zero-order valence-electron chi connectivity index (χ0n) is 8.23. The summed E-state index contributed by atoms with van der Waals surface area (Å²) in [6.45, 7) is 1.64. The minimum Gasteiger partial charge on any atom is -0.490 e. The third-order valence-electron chi connectivity index (χ3n) is 2.22. The second-order valence-corrected chi connectivity index (χ2v) is 3.58. The summed E-state index contributed by atoms with van der Waals surface area (Å²) in [6, 6.07) is 0. The lowest BCUT2D eigenvalue weighted by Gasteiger charge is -2.24. The molecule has 78 valence electrons. The van der Waals surface area contributed by atoms with Crippen LogP contribution in [0.5, 0.6) is 0 Å². The van der Waals surface area contributed by atoms with Gasteiger partial charge < -0.3 is 9.47 Å². The van der Waals surface area contributed by atoms with E-state index in [1.54, 1.807) is 6.92 Å². The number of carbonyl (C=O) groups is 2. The molecule has 5 heteroatoms. The van der Waals surface area contributed by atoms with Crippen molar-refractivity contribution in [2.45, 2.75) is 12.2 Å². The molecule has 0 heterocycles. The fraction of sp³-hybridized carbons (Fsp3) is 0.556. The molecule has 0 saturated carbocycles. The second-order valence-electron chi connectivity index (χ2n) is 3.03. The van der Waals surface area contributed by atoms with E-state index in [-0.39, 0.29) is 23.1 Å². The lowest BCUT2D eigenvalue weighted by Crippen LogP contribution is -2.38. The number of hydrogen-bond donors (Lipinski definition) is 1. The summed E-state index contributed by atoms with van der Waals surface area (Å²) in [5.74, 6) is -1.06. The van der Waals surface area contributed by atoms with Gasteiger partial charge in [0.15, 0.2) is 0 Å². The van der Waals surface area contributed by atoms with Crippen molar-refractivity contribution in [1.29, 1.82) is 0 Å². The molecule has 0 aliphatic heterocycles. The number of methoxy groups -OCH3 is 2. The maximum atomic E-state index is 11.6. The van der Waals surface area contributed by atoms with Crippen LogP contribution in [-0.4, -0.2) is 31.0 Å². The molecule has 0 fully saturated rings. The van der Waals surface area contributed by atoms with E-state index in [9.17, 15) is 9.59 Å². The molecule has 1 rings (SSSR count). The SMILES string of the molecule is COC1=C(OC)C(=O)[C@@H](S)C(C)C1=O. The van der Waals surface area contributed by atoms with E-state index in [2.05, 4.69) is 12.6 Å². The van der Waals surface area contributed by atoms with E-state index in [1.165, 1.54) is 14.2 Å². The summed E-state index contributed by atoms with van der Waals surface area (Å²) in [5.41, 5.74) is 0. The molecule has 0 bridgehead atoms. The number of ether oxygens (including phenoxy) is 2. The molecule has 1 aliphatic rings. The Hall–Kier alpha value is -0.970. The van der Waals surface area contributed by atoms with Crippen LogP contribution in [-0.2, 0) is 19.1 Å². The average molecular weight is 216 g/mol. The molecule has 2 atom stereocenters. The molecule has 14 heavy (non-hydrogen) atoms. The monoisotopic (exact) mass is 216 g/mol. The van der Waals surface area contributed by atoms with Gasteiger partial charge in [-0.25, -0.2) is 0 Å². The van der Waals surface area contributed by atoms with Crippen molar-refractivity contribution in [3.63, 3.8) is 0 Å². The highest BCUT2D eigenvalue weighted by molar-refractivity contribution is 7.82. The molecule has 0 N–H and O–H groups in total. The molecule has 1 aliphatic carbocycles. The van der Waals surface area contributed by atoms with Crippen molar-refractivity contribution in [3.05, 3.63) is 11.5 Å². The molecule has 0 aromatic heterocycles. The maximum absolute atomic E-state index is 11.6. The van der Waals surface area contributed by atoms with Crippen LogP contribution in [0.4, 0.5) is 0 Å². The average Bonchev–Trinajstić information content (AvgIpc) is 2.20. The van der Waals surface area contributed by atoms with Crippen molar-refractivity contribution in [1.82, 2.24) is 0 Å². The van der Waals surface area contributed by atoms with Crippen molar-refractivity contribution in [2.24, 2.45) is 5.92 Å². The largest absolute Gasteiger partial charge is 0.490 e. The standard InChI is InChI=1S/C9H12O4S/c1-4-5(10)7(12-2)8(13-3)6(11)9(4)14/h4,9,14H,1-3H3/t4?,9-/m0/s1. The Kier molecular flexibility index (Phi) is 3.21. The van der Waals surface area contributed by atoms with Gasteiger partial charge in [-0.1, -0.05) is 6.92 Å². The van der Waals surface area contributed by atoms with Gasteiger partial charge in [0.1, 0.15) is 0 Å². The minimum atomic E-state index is -0.642. The Morgan fingerprint density at radius 1 is 1.07 bits per heavy atom. The molecule has 0 saturated heterocycles. The first-order valence-corrected chi connectivity index (χ1v) is 4.65. The highest BCUT2D eigenvalue weighted by Gasteiger charge is 2.40. The van der Waals surface area contributed by atoms with Gasteiger partial charge in [0, 0.05) is 5.92 Å². The third-order valence-corrected chi connectivity index (χ3v) is 2.90. The Morgan fingerprint density at radius 2 is 1.50 bits per heavy atom. The number of Topliss-reactive ketones (excluding diaryl/α,β-unsaturated/α-hetero) is 2. The van der Waals surface area contributed by atoms with E-state index in [4.69, 9.17) is 9.47 Å². The molecule has 0 radical (unpaired) electrons.